The lowest BCUT2D eigenvalue weighted by Crippen LogP contribution is -2.33. The van der Waals surface area contributed by atoms with Crippen molar-refractivity contribution in [3.63, 3.8) is 0 Å². The maximum atomic E-state index is 10.8. The van der Waals surface area contributed by atoms with Crippen LogP contribution in [0.15, 0.2) is 35.7 Å². The van der Waals surface area contributed by atoms with E-state index in [1.807, 2.05) is 0 Å². The van der Waals surface area contributed by atoms with E-state index in [9.17, 15) is 4.79 Å². The molecule has 1 heterocycles. The Morgan fingerprint density at radius 2 is 2.15 bits per heavy atom. The SMILES string of the molecule is O=C(O)c1csc(CNC2CCc3ccccc3C2)c1. The summed E-state index contributed by atoms with van der Waals surface area (Å²) in [6.07, 6.45) is 3.33. The number of carboxylic acids is 1. The minimum absolute atomic E-state index is 0.390. The van der Waals surface area contributed by atoms with Crippen LogP contribution in [-0.2, 0) is 19.4 Å². The molecule has 0 amide bonds. The molecule has 1 atom stereocenters. The minimum Gasteiger partial charge on any atom is -0.478 e. The van der Waals surface area contributed by atoms with E-state index in [-0.39, 0.29) is 0 Å². The van der Waals surface area contributed by atoms with Crippen LogP contribution in [0.2, 0.25) is 0 Å². The van der Waals surface area contributed by atoms with E-state index in [1.165, 1.54) is 22.5 Å². The average molecular weight is 287 g/mol. The molecule has 3 nitrogen and oxygen atoms in total. The quantitative estimate of drug-likeness (QED) is 0.908. The largest absolute Gasteiger partial charge is 0.478 e. The van der Waals surface area contributed by atoms with Crippen molar-refractivity contribution in [3.05, 3.63) is 57.3 Å². The van der Waals surface area contributed by atoms with Crippen molar-refractivity contribution in [2.24, 2.45) is 0 Å². The number of thiophene rings is 1. The number of aryl methyl sites for hydroxylation is 1. The third-order valence-corrected chi connectivity index (χ3v) is 4.75. The van der Waals surface area contributed by atoms with E-state index in [0.29, 0.717) is 11.6 Å². The van der Waals surface area contributed by atoms with Gasteiger partial charge < -0.3 is 10.4 Å². The van der Waals surface area contributed by atoms with Gasteiger partial charge in [0.15, 0.2) is 0 Å². The van der Waals surface area contributed by atoms with Crippen molar-refractivity contribution >= 4 is 17.3 Å². The molecule has 0 aliphatic heterocycles. The van der Waals surface area contributed by atoms with Gasteiger partial charge in [0.25, 0.3) is 0 Å². The number of rotatable bonds is 4. The Labute approximate surface area is 122 Å². The number of fused-ring (bicyclic) bond motifs is 1. The Hall–Kier alpha value is -1.65. The van der Waals surface area contributed by atoms with E-state index in [0.717, 1.165) is 30.7 Å². The molecular weight excluding hydrogens is 270 g/mol. The van der Waals surface area contributed by atoms with Gasteiger partial charge in [-0.05, 0) is 36.5 Å². The van der Waals surface area contributed by atoms with Crippen LogP contribution in [0, 0.1) is 0 Å². The molecule has 0 fully saturated rings. The second-order valence-corrected chi connectivity index (χ2v) is 6.19. The summed E-state index contributed by atoms with van der Waals surface area (Å²) >= 11 is 1.51. The fourth-order valence-electron chi connectivity index (χ4n) is 2.70. The molecule has 1 aromatic heterocycles. The molecule has 4 heteroatoms. The number of hydrogen-bond donors (Lipinski definition) is 2. The Kier molecular flexibility index (Phi) is 3.85. The number of hydrogen-bond acceptors (Lipinski definition) is 3. The fourth-order valence-corrected chi connectivity index (χ4v) is 3.51. The number of nitrogens with one attached hydrogen (secondary N) is 1. The summed E-state index contributed by atoms with van der Waals surface area (Å²) in [5, 5.41) is 14.2. The van der Waals surface area contributed by atoms with Crippen LogP contribution < -0.4 is 5.32 Å². The summed E-state index contributed by atoms with van der Waals surface area (Å²) in [5.74, 6) is -0.848. The first-order valence-corrected chi connectivity index (χ1v) is 7.71. The first-order chi connectivity index (χ1) is 9.72. The summed E-state index contributed by atoms with van der Waals surface area (Å²) in [6, 6.07) is 10.9. The molecule has 0 bridgehead atoms. The van der Waals surface area contributed by atoms with Crippen molar-refractivity contribution in [2.75, 3.05) is 0 Å². The van der Waals surface area contributed by atoms with Gasteiger partial charge in [-0.2, -0.15) is 0 Å². The highest BCUT2D eigenvalue weighted by Crippen LogP contribution is 2.22. The zero-order valence-corrected chi connectivity index (χ0v) is 12.0. The molecule has 1 aliphatic carbocycles. The van der Waals surface area contributed by atoms with Crippen LogP contribution in [0.3, 0.4) is 0 Å². The van der Waals surface area contributed by atoms with Crippen molar-refractivity contribution < 1.29 is 9.90 Å². The van der Waals surface area contributed by atoms with Crippen LogP contribution >= 0.6 is 11.3 Å². The van der Waals surface area contributed by atoms with E-state index < -0.39 is 5.97 Å². The fraction of sp³-hybridized carbons (Fsp3) is 0.312. The third-order valence-electron chi connectivity index (χ3n) is 3.81. The van der Waals surface area contributed by atoms with Crippen LogP contribution in [0.25, 0.3) is 0 Å². The van der Waals surface area contributed by atoms with Crippen molar-refractivity contribution in [3.8, 4) is 0 Å². The van der Waals surface area contributed by atoms with Gasteiger partial charge in [-0.15, -0.1) is 11.3 Å². The van der Waals surface area contributed by atoms with Crippen molar-refractivity contribution in [2.45, 2.75) is 31.8 Å². The molecule has 1 aromatic carbocycles. The molecule has 20 heavy (non-hydrogen) atoms. The summed E-state index contributed by atoms with van der Waals surface area (Å²) in [4.78, 5) is 11.9. The minimum atomic E-state index is -0.848. The first-order valence-electron chi connectivity index (χ1n) is 6.83. The molecule has 0 saturated carbocycles. The number of carboxylic acid groups (broad SMARTS) is 1. The Bertz CT molecular complexity index is 620. The van der Waals surface area contributed by atoms with Crippen LogP contribution in [0.4, 0.5) is 0 Å². The molecule has 0 spiro atoms. The molecule has 104 valence electrons. The van der Waals surface area contributed by atoms with E-state index in [2.05, 4.69) is 29.6 Å². The number of carbonyl (C=O) groups is 1. The second-order valence-electron chi connectivity index (χ2n) is 5.20. The summed E-state index contributed by atoms with van der Waals surface area (Å²) in [6.45, 7) is 0.755. The van der Waals surface area contributed by atoms with E-state index in [4.69, 9.17) is 5.11 Å². The van der Waals surface area contributed by atoms with E-state index in [1.54, 1.807) is 11.4 Å². The van der Waals surface area contributed by atoms with Crippen LogP contribution in [-0.4, -0.2) is 17.1 Å². The standard InChI is InChI=1S/C16H17NO2S/c18-16(19)13-8-15(20-10-13)9-17-14-6-5-11-3-1-2-4-12(11)7-14/h1-4,8,10,14,17H,5-7,9H2,(H,18,19). The van der Waals surface area contributed by atoms with Crippen LogP contribution in [0.1, 0.15) is 32.8 Å². The van der Waals surface area contributed by atoms with Gasteiger partial charge >= 0.3 is 5.97 Å². The smallest absolute Gasteiger partial charge is 0.336 e. The average Bonchev–Trinajstić information content (AvgIpc) is 2.94. The molecule has 3 rings (SSSR count). The zero-order valence-electron chi connectivity index (χ0n) is 11.1. The zero-order chi connectivity index (χ0) is 13.9. The molecular formula is C16H17NO2S. The summed E-state index contributed by atoms with van der Waals surface area (Å²) < 4.78 is 0. The molecule has 0 radical (unpaired) electrons. The lowest BCUT2D eigenvalue weighted by Gasteiger charge is -2.25. The first kappa shape index (κ1) is 13.3. The third kappa shape index (κ3) is 2.92. The summed E-state index contributed by atoms with van der Waals surface area (Å²) in [7, 11) is 0. The predicted octanol–water partition coefficient (Wildman–Crippen LogP) is 3.09. The molecule has 1 unspecified atom stereocenters. The Balaban J connectivity index is 1.58. The normalized spacial score (nSPS) is 17.7. The lowest BCUT2D eigenvalue weighted by molar-refractivity contribution is 0.0697. The van der Waals surface area contributed by atoms with Crippen molar-refractivity contribution in [1.82, 2.24) is 5.32 Å². The van der Waals surface area contributed by atoms with Gasteiger partial charge in [0.2, 0.25) is 0 Å². The van der Waals surface area contributed by atoms with Crippen molar-refractivity contribution in [1.29, 1.82) is 0 Å². The number of benzene rings is 1. The predicted molar refractivity (Wildman–Crippen MR) is 80.4 cm³/mol. The highest BCUT2D eigenvalue weighted by molar-refractivity contribution is 7.10. The Morgan fingerprint density at radius 1 is 1.35 bits per heavy atom. The van der Waals surface area contributed by atoms with Crippen LogP contribution in [0.5, 0.6) is 0 Å². The van der Waals surface area contributed by atoms with Gasteiger partial charge in [-0.25, -0.2) is 4.79 Å². The van der Waals surface area contributed by atoms with Gasteiger partial charge in [-0.1, -0.05) is 24.3 Å². The highest BCUT2D eigenvalue weighted by atomic mass is 32.1. The van der Waals surface area contributed by atoms with Gasteiger partial charge in [0.1, 0.15) is 0 Å². The molecule has 2 aromatic rings. The monoisotopic (exact) mass is 287 g/mol. The van der Waals surface area contributed by atoms with Gasteiger partial charge in [0.05, 0.1) is 5.56 Å². The topological polar surface area (TPSA) is 49.3 Å². The van der Waals surface area contributed by atoms with Gasteiger partial charge in [0, 0.05) is 22.8 Å². The second kappa shape index (κ2) is 5.77. The summed E-state index contributed by atoms with van der Waals surface area (Å²) in [5.41, 5.74) is 3.30. The number of aromatic carboxylic acids is 1. The molecule has 2 N–H and O–H groups in total. The maximum Gasteiger partial charge on any atom is 0.336 e. The Morgan fingerprint density at radius 3 is 2.90 bits per heavy atom. The lowest BCUT2D eigenvalue weighted by atomic mass is 9.88. The molecule has 0 saturated heterocycles. The van der Waals surface area contributed by atoms with Gasteiger partial charge in [-0.3, -0.25) is 0 Å². The van der Waals surface area contributed by atoms with E-state index >= 15 is 0 Å². The highest BCUT2D eigenvalue weighted by Gasteiger charge is 2.17. The maximum absolute atomic E-state index is 10.8. The molecule has 1 aliphatic rings.